The summed E-state index contributed by atoms with van der Waals surface area (Å²) in [5, 5.41) is 3.09. The van der Waals surface area contributed by atoms with Gasteiger partial charge in [-0.1, -0.05) is 0 Å². The number of rotatable bonds is 3. The van der Waals surface area contributed by atoms with Crippen molar-refractivity contribution < 1.29 is 4.74 Å². The van der Waals surface area contributed by atoms with Crippen molar-refractivity contribution in [1.82, 2.24) is 4.98 Å². The van der Waals surface area contributed by atoms with Crippen LogP contribution < -0.4 is 5.32 Å². The van der Waals surface area contributed by atoms with Gasteiger partial charge in [0.1, 0.15) is 5.60 Å². The molecule has 0 bridgehead atoms. The van der Waals surface area contributed by atoms with Gasteiger partial charge >= 0.3 is 0 Å². The highest BCUT2D eigenvalue weighted by Gasteiger charge is 2.12. The van der Waals surface area contributed by atoms with Gasteiger partial charge in [0.2, 0.25) is 0 Å². The van der Waals surface area contributed by atoms with Gasteiger partial charge < -0.3 is 10.1 Å². The van der Waals surface area contributed by atoms with Crippen LogP contribution in [0.2, 0.25) is 0 Å². The first-order valence-corrected chi connectivity index (χ1v) is 4.94. The molecule has 0 unspecified atom stereocenters. The molecule has 0 spiro atoms. The zero-order chi connectivity index (χ0) is 11.5. The summed E-state index contributed by atoms with van der Waals surface area (Å²) < 4.78 is 5.56. The van der Waals surface area contributed by atoms with E-state index >= 15 is 0 Å². The Bertz CT molecular complexity index is 353. The van der Waals surface area contributed by atoms with E-state index < -0.39 is 0 Å². The third-order valence-electron chi connectivity index (χ3n) is 1.74. The van der Waals surface area contributed by atoms with Crippen LogP contribution in [-0.2, 0) is 4.74 Å². The lowest BCUT2D eigenvalue weighted by Gasteiger charge is -2.23. The quantitative estimate of drug-likeness (QED) is 0.772. The summed E-state index contributed by atoms with van der Waals surface area (Å²) in [4.78, 5) is 4.04. The van der Waals surface area contributed by atoms with Crippen LogP contribution >= 0.6 is 0 Å². The predicted molar refractivity (Wildman–Crippen MR) is 62.6 cm³/mol. The summed E-state index contributed by atoms with van der Waals surface area (Å²) in [6.07, 6.45) is 3.51. The molecule has 3 nitrogen and oxygen atoms in total. The molecule has 0 saturated heterocycles. The fourth-order valence-corrected chi connectivity index (χ4v) is 1.14. The van der Waals surface area contributed by atoms with Crippen molar-refractivity contribution in [3.63, 3.8) is 0 Å². The maximum absolute atomic E-state index is 5.56. The van der Waals surface area contributed by atoms with Crippen molar-refractivity contribution in [3.05, 3.63) is 36.5 Å². The van der Waals surface area contributed by atoms with Crippen LogP contribution in [0.25, 0.3) is 0 Å². The SMILES string of the molecule is C=C(Nc1cnccc1C)OC(C)(C)C. The van der Waals surface area contributed by atoms with Crippen LogP contribution in [-0.4, -0.2) is 10.6 Å². The molecule has 1 aromatic heterocycles. The lowest BCUT2D eigenvalue weighted by Crippen LogP contribution is -2.21. The number of ether oxygens (including phenoxy) is 1. The monoisotopic (exact) mass is 206 g/mol. The first-order valence-electron chi connectivity index (χ1n) is 4.94. The van der Waals surface area contributed by atoms with E-state index in [2.05, 4.69) is 16.9 Å². The van der Waals surface area contributed by atoms with E-state index in [9.17, 15) is 0 Å². The number of hydrogen-bond acceptors (Lipinski definition) is 3. The fraction of sp³-hybridized carbons (Fsp3) is 0.417. The largest absolute Gasteiger partial charge is 0.474 e. The van der Waals surface area contributed by atoms with E-state index in [1.54, 1.807) is 12.4 Å². The number of nitrogens with zero attached hydrogens (tertiary/aromatic N) is 1. The van der Waals surface area contributed by atoms with Crippen LogP contribution in [0.15, 0.2) is 30.9 Å². The number of aryl methyl sites for hydroxylation is 1. The maximum atomic E-state index is 5.56. The molecule has 0 aliphatic carbocycles. The van der Waals surface area contributed by atoms with Crippen molar-refractivity contribution in [1.29, 1.82) is 0 Å². The molecule has 0 amide bonds. The van der Waals surface area contributed by atoms with Gasteiger partial charge in [0.25, 0.3) is 0 Å². The molecule has 1 heterocycles. The Kier molecular flexibility index (Phi) is 3.35. The number of nitrogens with one attached hydrogen (secondary N) is 1. The van der Waals surface area contributed by atoms with E-state index in [1.165, 1.54) is 0 Å². The first-order chi connectivity index (χ1) is 6.88. The first kappa shape index (κ1) is 11.6. The molecule has 3 heteroatoms. The zero-order valence-corrected chi connectivity index (χ0v) is 9.79. The van der Waals surface area contributed by atoms with Crippen molar-refractivity contribution in [2.45, 2.75) is 33.3 Å². The van der Waals surface area contributed by atoms with E-state index in [-0.39, 0.29) is 5.60 Å². The van der Waals surface area contributed by atoms with Crippen LogP contribution in [0.1, 0.15) is 26.3 Å². The third kappa shape index (κ3) is 4.02. The highest BCUT2D eigenvalue weighted by atomic mass is 16.5. The van der Waals surface area contributed by atoms with Crippen LogP contribution in [0.5, 0.6) is 0 Å². The summed E-state index contributed by atoms with van der Waals surface area (Å²) in [5.74, 6) is 0.540. The predicted octanol–water partition coefficient (Wildman–Crippen LogP) is 3.09. The van der Waals surface area contributed by atoms with E-state index in [0.29, 0.717) is 5.88 Å². The summed E-state index contributed by atoms with van der Waals surface area (Å²) in [6.45, 7) is 11.8. The summed E-state index contributed by atoms with van der Waals surface area (Å²) >= 11 is 0. The second kappa shape index (κ2) is 4.34. The molecule has 82 valence electrons. The van der Waals surface area contributed by atoms with Gasteiger partial charge in [-0.3, -0.25) is 4.98 Å². The summed E-state index contributed by atoms with van der Waals surface area (Å²) in [7, 11) is 0. The molecule has 0 fully saturated rings. The normalized spacial score (nSPS) is 10.9. The third-order valence-corrected chi connectivity index (χ3v) is 1.74. The molecule has 1 N–H and O–H groups in total. The standard InChI is InChI=1S/C12H18N2O/c1-9-6-7-13-8-11(9)14-10(2)15-12(3,4)5/h6-8,14H,2H2,1,3-5H3. The molecular formula is C12H18N2O. The van der Waals surface area contributed by atoms with E-state index in [4.69, 9.17) is 4.74 Å². The van der Waals surface area contributed by atoms with Crippen molar-refractivity contribution in [2.24, 2.45) is 0 Å². The number of hydrogen-bond donors (Lipinski definition) is 1. The van der Waals surface area contributed by atoms with E-state index in [1.807, 2.05) is 33.8 Å². The number of anilines is 1. The average molecular weight is 206 g/mol. The highest BCUT2D eigenvalue weighted by molar-refractivity contribution is 5.50. The van der Waals surface area contributed by atoms with Gasteiger partial charge in [0, 0.05) is 6.20 Å². The highest BCUT2D eigenvalue weighted by Crippen LogP contribution is 2.17. The van der Waals surface area contributed by atoms with Gasteiger partial charge in [-0.2, -0.15) is 0 Å². The Hall–Kier alpha value is -1.51. The Morgan fingerprint density at radius 1 is 1.47 bits per heavy atom. The van der Waals surface area contributed by atoms with Gasteiger partial charge in [-0.25, -0.2) is 0 Å². The summed E-state index contributed by atoms with van der Waals surface area (Å²) in [5.41, 5.74) is 1.80. The Morgan fingerprint density at radius 2 is 2.13 bits per heavy atom. The van der Waals surface area contributed by atoms with Gasteiger partial charge in [0.05, 0.1) is 11.9 Å². The van der Waals surface area contributed by atoms with Gasteiger partial charge in [-0.15, -0.1) is 0 Å². The molecule has 1 rings (SSSR count). The minimum Gasteiger partial charge on any atom is -0.474 e. The van der Waals surface area contributed by atoms with E-state index in [0.717, 1.165) is 11.3 Å². The zero-order valence-electron chi connectivity index (χ0n) is 9.79. The Balaban J connectivity index is 2.64. The van der Waals surface area contributed by atoms with Crippen molar-refractivity contribution in [2.75, 3.05) is 5.32 Å². The Labute approximate surface area is 91.2 Å². The van der Waals surface area contributed by atoms with Crippen molar-refractivity contribution >= 4 is 5.69 Å². The molecule has 0 atom stereocenters. The second-order valence-corrected chi connectivity index (χ2v) is 4.45. The topological polar surface area (TPSA) is 34.2 Å². The molecule has 0 aromatic carbocycles. The maximum Gasteiger partial charge on any atom is 0.184 e. The lowest BCUT2D eigenvalue weighted by atomic mass is 10.2. The van der Waals surface area contributed by atoms with Gasteiger partial charge in [-0.05, 0) is 45.9 Å². The van der Waals surface area contributed by atoms with Crippen LogP contribution in [0, 0.1) is 6.92 Å². The van der Waals surface area contributed by atoms with Crippen LogP contribution in [0.3, 0.4) is 0 Å². The molecule has 15 heavy (non-hydrogen) atoms. The van der Waals surface area contributed by atoms with Crippen molar-refractivity contribution in [3.8, 4) is 0 Å². The molecule has 0 saturated carbocycles. The molecule has 0 aliphatic rings. The fourth-order valence-electron chi connectivity index (χ4n) is 1.14. The summed E-state index contributed by atoms with van der Waals surface area (Å²) in [6, 6.07) is 1.94. The number of pyridine rings is 1. The minimum absolute atomic E-state index is 0.236. The number of aromatic nitrogens is 1. The second-order valence-electron chi connectivity index (χ2n) is 4.45. The molecule has 1 aromatic rings. The van der Waals surface area contributed by atoms with Crippen LogP contribution in [0.4, 0.5) is 5.69 Å². The minimum atomic E-state index is -0.236. The Morgan fingerprint density at radius 3 is 2.67 bits per heavy atom. The lowest BCUT2D eigenvalue weighted by molar-refractivity contribution is 0.0565. The van der Waals surface area contributed by atoms with Gasteiger partial charge in [0.15, 0.2) is 5.88 Å². The molecule has 0 aliphatic heterocycles. The molecular weight excluding hydrogens is 188 g/mol. The smallest absolute Gasteiger partial charge is 0.184 e. The molecule has 0 radical (unpaired) electrons. The average Bonchev–Trinajstić information content (AvgIpc) is 2.05.